The van der Waals surface area contributed by atoms with E-state index in [0.717, 1.165) is 122 Å². The van der Waals surface area contributed by atoms with Gasteiger partial charge in [0.1, 0.15) is 13.2 Å². The van der Waals surface area contributed by atoms with Crippen molar-refractivity contribution in [1.82, 2.24) is 0 Å². The van der Waals surface area contributed by atoms with Gasteiger partial charge < -0.3 is 14.2 Å². The fourth-order valence-electron chi connectivity index (χ4n) is 8.19. The van der Waals surface area contributed by atoms with E-state index in [1.54, 1.807) is 0 Å². The predicted molar refractivity (Wildman–Crippen MR) is 307 cm³/mol. The van der Waals surface area contributed by atoms with E-state index in [0.29, 0.717) is 19.3 Å². The summed E-state index contributed by atoms with van der Waals surface area (Å²) in [7, 11) is 0. The van der Waals surface area contributed by atoms with E-state index in [9.17, 15) is 14.4 Å². The summed E-state index contributed by atoms with van der Waals surface area (Å²) in [5.74, 6) is -0.924. The topological polar surface area (TPSA) is 78.9 Å². The molecule has 1 atom stereocenters. The third-order valence-electron chi connectivity index (χ3n) is 12.6. The zero-order chi connectivity index (χ0) is 51.4. The highest BCUT2D eigenvalue weighted by atomic mass is 16.6. The van der Waals surface area contributed by atoms with E-state index in [1.165, 1.54) is 116 Å². The van der Waals surface area contributed by atoms with E-state index < -0.39 is 6.10 Å². The second kappa shape index (κ2) is 58.9. The number of rotatable bonds is 53. The van der Waals surface area contributed by atoms with Crippen LogP contribution in [0, 0.1) is 0 Å². The van der Waals surface area contributed by atoms with Gasteiger partial charge in [0, 0.05) is 19.3 Å². The molecule has 0 N–H and O–H groups in total. The van der Waals surface area contributed by atoms with Gasteiger partial charge in [-0.05, 0) is 96.3 Å². The van der Waals surface area contributed by atoms with Gasteiger partial charge >= 0.3 is 17.9 Å². The van der Waals surface area contributed by atoms with Crippen LogP contribution in [0.3, 0.4) is 0 Å². The minimum atomic E-state index is -0.794. The smallest absolute Gasteiger partial charge is 0.306 e. The number of carbonyl (C=O) groups excluding carboxylic acids is 3. The van der Waals surface area contributed by atoms with Crippen molar-refractivity contribution in [3.05, 3.63) is 97.2 Å². The Bertz CT molecular complexity index is 1410. The van der Waals surface area contributed by atoms with E-state index in [-0.39, 0.29) is 31.1 Å². The Hall–Kier alpha value is -3.67. The lowest BCUT2D eigenvalue weighted by Crippen LogP contribution is -2.30. The number of carbonyl (C=O) groups is 3. The molecular formula is C65H110O6. The van der Waals surface area contributed by atoms with Crippen molar-refractivity contribution in [2.24, 2.45) is 0 Å². The van der Waals surface area contributed by atoms with Crippen LogP contribution in [0.4, 0.5) is 0 Å². The first-order chi connectivity index (χ1) is 35.0. The zero-order valence-electron chi connectivity index (χ0n) is 46.5. The van der Waals surface area contributed by atoms with E-state index in [1.807, 2.05) is 0 Å². The van der Waals surface area contributed by atoms with Gasteiger partial charge in [-0.3, -0.25) is 14.4 Å². The van der Waals surface area contributed by atoms with Crippen LogP contribution in [0.5, 0.6) is 0 Å². The maximum Gasteiger partial charge on any atom is 0.306 e. The molecular weight excluding hydrogens is 877 g/mol. The fraction of sp³-hybridized carbons (Fsp3) is 0.708. The molecule has 0 spiro atoms. The molecule has 0 saturated heterocycles. The number of esters is 3. The van der Waals surface area contributed by atoms with E-state index >= 15 is 0 Å². The highest BCUT2D eigenvalue weighted by Gasteiger charge is 2.19. The van der Waals surface area contributed by atoms with E-state index in [2.05, 4.69) is 118 Å². The Labute approximate surface area is 438 Å². The average Bonchev–Trinajstić information content (AvgIpc) is 3.37. The summed E-state index contributed by atoms with van der Waals surface area (Å²) in [6.45, 7) is 6.40. The lowest BCUT2D eigenvalue weighted by atomic mass is 10.0. The van der Waals surface area contributed by atoms with Gasteiger partial charge in [0.05, 0.1) is 0 Å². The molecule has 6 heteroatoms. The molecule has 0 amide bonds. The van der Waals surface area contributed by atoms with Crippen LogP contribution in [-0.2, 0) is 28.6 Å². The van der Waals surface area contributed by atoms with Crippen LogP contribution in [0.25, 0.3) is 0 Å². The second-order valence-corrected chi connectivity index (χ2v) is 19.5. The summed E-state index contributed by atoms with van der Waals surface area (Å²) in [5, 5.41) is 0. The summed E-state index contributed by atoms with van der Waals surface area (Å²) in [4.78, 5) is 38.2. The van der Waals surface area contributed by atoms with Crippen LogP contribution in [-0.4, -0.2) is 37.2 Å². The molecule has 0 rings (SSSR count). The van der Waals surface area contributed by atoms with Gasteiger partial charge in [-0.2, -0.15) is 0 Å². The van der Waals surface area contributed by atoms with Crippen molar-refractivity contribution >= 4 is 17.9 Å². The van der Waals surface area contributed by atoms with Gasteiger partial charge in [-0.1, -0.05) is 259 Å². The Morgan fingerprint density at radius 3 is 0.873 bits per heavy atom. The molecule has 1 unspecified atom stereocenters. The summed E-state index contributed by atoms with van der Waals surface area (Å²) in [6, 6.07) is 0. The monoisotopic (exact) mass is 987 g/mol. The lowest BCUT2D eigenvalue weighted by molar-refractivity contribution is -0.167. The number of ether oxygens (including phenoxy) is 3. The molecule has 0 fully saturated rings. The van der Waals surface area contributed by atoms with Crippen LogP contribution in [0.1, 0.15) is 278 Å². The summed E-state index contributed by atoms with van der Waals surface area (Å²) >= 11 is 0. The number of hydrogen-bond acceptors (Lipinski definition) is 6. The molecule has 0 aromatic carbocycles. The second-order valence-electron chi connectivity index (χ2n) is 19.5. The first kappa shape index (κ1) is 67.3. The Kier molecular flexibility index (Phi) is 55.9. The van der Waals surface area contributed by atoms with Crippen LogP contribution in [0.15, 0.2) is 97.2 Å². The third-order valence-corrected chi connectivity index (χ3v) is 12.6. The van der Waals surface area contributed by atoms with Gasteiger partial charge in [0.25, 0.3) is 0 Å². The molecule has 0 radical (unpaired) electrons. The van der Waals surface area contributed by atoms with E-state index in [4.69, 9.17) is 14.2 Å². The van der Waals surface area contributed by atoms with Crippen molar-refractivity contribution in [2.75, 3.05) is 13.2 Å². The first-order valence-corrected chi connectivity index (χ1v) is 29.7. The van der Waals surface area contributed by atoms with Crippen molar-refractivity contribution in [2.45, 2.75) is 284 Å². The zero-order valence-corrected chi connectivity index (χ0v) is 46.5. The van der Waals surface area contributed by atoms with Gasteiger partial charge in [-0.15, -0.1) is 0 Å². The maximum absolute atomic E-state index is 12.9. The molecule has 406 valence electrons. The predicted octanol–water partition coefficient (Wildman–Crippen LogP) is 20.1. The van der Waals surface area contributed by atoms with Crippen LogP contribution in [0.2, 0.25) is 0 Å². The Morgan fingerprint density at radius 1 is 0.296 bits per heavy atom. The lowest BCUT2D eigenvalue weighted by Gasteiger charge is -2.18. The van der Waals surface area contributed by atoms with Crippen molar-refractivity contribution in [1.29, 1.82) is 0 Å². The molecule has 0 aromatic heterocycles. The largest absolute Gasteiger partial charge is 0.462 e. The molecule has 0 saturated carbocycles. The van der Waals surface area contributed by atoms with Crippen LogP contribution >= 0.6 is 0 Å². The van der Waals surface area contributed by atoms with Crippen molar-refractivity contribution in [3.63, 3.8) is 0 Å². The van der Waals surface area contributed by atoms with Crippen molar-refractivity contribution < 1.29 is 28.6 Å². The maximum atomic E-state index is 12.9. The SMILES string of the molecule is CC/C=C\C/C=C\C/C=C\C/C=C\C/C=C\CCCCCCCCCC(=O)OCC(COC(=O)CCCCC/C=C\C/C=C\C/C=C\CC)OC(=O)CCCCCCCCCCCCCCCCCCC. The highest BCUT2D eigenvalue weighted by Crippen LogP contribution is 2.16. The molecule has 0 bridgehead atoms. The molecule has 0 aliphatic heterocycles. The quantitative estimate of drug-likeness (QED) is 0.0261. The average molecular weight is 988 g/mol. The molecule has 0 heterocycles. The Morgan fingerprint density at radius 2 is 0.549 bits per heavy atom. The number of hydrogen-bond donors (Lipinski definition) is 0. The van der Waals surface area contributed by atoms with Crippen molar-refractivity contribution in [3.8, 4) is 0 Å². The number of unbranched alkanes of at least 4 members (excludes halogenated alkanes) is 26. The molecule has 0 aliphatic carbocycles. The fourth-order valence-corrected chi connectivity index (χ4v) is 8.19. The van der Waals surface area contributed by atoms with Crippen LogP contribution < -0.4 is 0 Å². The normalized spacial score (nSPS) is 12.8. The molecule has 0 aliphatic rings. The summed E-state index contributed by atoms with van der Waals surface area (Å²) in [5.41, 5.74) is 0. The van der Waals surface area contributed by atoms with Gasteiger partial charge in [0.2, 0.25) is 0 Å². The molecule has 6 nitrogen and oxygen atoms in total. The van der Waals surface area contributed by atoms with Gasteiger partial charge in [0.15, 0.2) is 6.10 Å². The minimum Gasteiger partial charge on any atom is -0.462 e. The molecule has 0 aromatic rings. The summed E-state index contributed by atoms with van der Waals surface area (Å²) in [6.07, 6.45) is 78.3. The Balaban J connectivity index is 4.38. The minimum absolute atomic E-state index is 0.0915. The first-order valence-electron chi connectivity index (χ1n) is 29.7. The molecule has 71 heavy (non-hydrogen) atoms. The number of allylic oxidation sites excluding steroid dienone is 16. The highest BCUT2D eigenvalue weighted by molar-refractivity contribution is 5.71. The standard InChI is InChI=1S/C65H110O6/c1-4-7-10-13-16-19-22-25-27-29-30-31-32-33-34-36-37-40-43-46-49-52-55-58-64(67)70-61-62(60-69-63(66)57-54-51-48-45-42-39-24-21-18-15-12-9-6-3)71-65(68)59-56-53-50-47-44-41-38-35-28-26-23-20-17-14-11-8-5-2/h7,9-10,12,16,18-19,21,25,27,30-31,33-34,39,42,62H,4-6,8,11,13-15,17,20,22-24,26,28-29,32,35-38,40-41,43-61H2,1-3H3/b10-7-,12-9-,19-16-,21-18-,27-25-,31-30-,34-33-,42-39-. The van der Waals surface area contributed by atoms with Gasteiger partial charge in [-0.25, -0.2) is 0 Å². The third kappa shape index (κ3) is 57.1. The summed E-state index contributed by atoms with van der Waals surface area (Å²) < 4.78 is 16.9.